The van der Waals surface area contributed by atoms with Gasteiger partial charge in [-0.3, -0.25) is 4.40 Å². The molecular formula is C16H16N2OS. The SMILES string of the molecule is Cc1sc2ncc(C(O)C=Cc3ccccc3)n2c1C. The van der Waals surface area contributed by atoms with Gasteiger partial charge in [-0.1, -0.05) is 36.4 Å². The van der Waals surface area contributed by atoms with Gasteiger partial charge in [-0.15, -0.1) is 11.3 Å². The van der Waals surface area contributed by atoms with Crippen LogP contribution in [0.15, 0.2) is 42.6 Å². The third-order valence-electron chi connectivity index (χ3n) is 3.42. The van der Waals surface area contributed by atoms with E-state index in [0.717, 1.165) is 21.9 Å². The average molecular weight is 284 g/mol. The van der Waals surface area contributed by atoms with E-state index in [1.165, 1.54) is 4.88 Å². The summed E-state index contributed by atoms with van der Waals surface area (Å²) in [5.74, 6) is 0. The van der Waals surface area contributed by atoms with Gasteiger partial charge in [-0.25, -0.2) is 4.98 Å². The summed E-state index contributed by atoms with van der Waals surface area (Å²) < 4.78 is 2.03. The van der Waals surface area contributed by atoms with Gasteiger partial charge in [0.25, 0.3) is 0 Å². The maximum Gasteiger partial charge on any atom is 0.194 e. The zero-order valence-corrected chi connectivity index (χ0v) is 12.3. The smallest absolute Gasteiger partial charge is 0.194 e. The molecule has 102 valence electrons. The predicted molar refractivity (Wildman–Crippen MR) is 83.0 cm³/mol. The number of aliphatic hydroxyl groups excluding tert-OH is 1. The van der Waals surface area contributed by atoms with Gasteiger partial charge in [0.2, 0.25) is 0 Å². The zero-order valence-electron chi connectivity index (χ0n) is 11.4. The Morgan fingerprint density at radius 3 is 2.75 bits per heavy atom. The van der Waals surface area contributed by atoms with E-state index in [4.69, 9.17) is 0 Å². The van der Waals surface area contributed by atoms with Crippen molar-refractivity contribution < 1.29 is 5.11 Å². The Kier molecular flexibility index (Phi) is 3.42. The lowest BCUT2D eigenvalue weighted by atomic mass is 10.1. The van der Waals surface area contributed by atoms with Gasteiger partial charge in [-0.05, 0) is 25.5 Å². The summed E-state index contributed by atoms with van der Waals surface area (Å²) >= 11 is 1.65. The van der Waals surface area contributed by atoms with Gasteiger partial charge >= 0.3 is 0 Å². The largest absolute Gasteiger partial charge is 0.383 e. The van der Waals surface area contributed by atoms with Crippen molar-refractivity contribution >= 4 is 22.4 Å². The molecule has 0 saturated heterocycles. The van der Waals surface area contributed by atoms with E-state index in [1.807, 2.05) is 40.8 Å². The first kappa shape index (κ1) is 13.1. The highest BCUT2D eigenvalue weighted by molar-refractivity contribution is 7.17. The molecule has 3 rings (SSSR count). The summed E-state index contributed by atoms with van der Waals surface area (Å²) in [4.78, 5) is 6.53. The Hall–Kier alpha value is -1.91. The minimum absolute atomic E-state index is 0.655. The fourth-order valence-electron chi connectivity index (χ4n) is 2.20. The number of fused-ring (bicyclic) bond motifs is 1. The third kappa shape index (κ3) is 2.28. The highest BCUT2D eigenvalue weighted by Gasteiger charge is 2.15. The zero-order chi connectivity index (χ0) is 14.1. The fraction of sp³-hybridized carbons (Fsp3) is 0.188. The first-order valence-electron chi connectivity index (χ1n) is 6.51. The number of thiazole rings is 1. The molecule has 0 spiro atoms. The molecule has 0 radical (unpaired) electrons. The van der Waals surface area contributed by atoms with Crippen molar-refractivity contribution in [2.24, 2.45) is 0 Å². The molecule has 4 heteroatoms. The maximum atomic E-state index is 10.4. The maximum absolute atomic E-state index is 10.4. The Labute approximate surface area is 121 Å². The van der Waals surface area contributed by atoms with Crippen molar-refractivity contribution in [3.63, 3.8) is 0 Å². The lowest BCUT2D eigenvalue weighted by Crippen LogP contribution is -1.99. The monoisotopic (exact) mass is 284 g/mol. The summed E-state index contributed by atoms with van der Waals surface area (Å²) in [5, 5.41) is 10.4. The number of nitrogens with zero attached hydrogens (tertiary/aromatic N) is 2. The van der Waals surface area contributed by atoms with Gasteiger partial charge in [0.1, 0.15) is 6.10 Å². The number of hydrogen-bond acceptors (Lipinski definition) is 3. The molecule has 2 aromatic heterocycles. The minimum atomic E-state index is -0.655. The van der Waals surface area contributed by atoms with Crippen molar-refractivity contribution in [3.8, 4) is 0 Å². The van der Waals surface area contributed by atoms with Crippen LogP contribution < -0.4 is 0 Å². The molecule has 0 aliphatic rings. The van der Waals surface area contributed by atoms with E-state index < -0.39 is 6.10 Å². The standard InChI is InChI=1S/C16H16N2OS/c1-11-12(2)20-16-17-10-14(18(11)16)15(19)9-8-13-6-4-3-5-7-13/h3-10,15,19H,1-2H3. The number of rotatable bonds is 3. The molecule has 0 aliphatic carbocycles. The first-order chi connectivity index (χ1) is 9.66. The fourth-order valence-corrected chi connectivity index (χ4v) is 3.15. The summed E-state index contributed by atoms with van der Waals surface area (Å²) in [7, 11) is 0. The van der Waals surface area contributed by atoms with E-state index >= 15 is 0 Å². The molecule has 0 amide bonds. The van der Waals surface area contributed by atoms with Crippen LogP contribution in [0.4, 0.5) is 0 Å². The normalized spacial score (nSPS) is 13.3. The summed E-state index contributed by atoms with van der Waals surface area (Å²) in [5.41, 5.74) is 3.03. The van der Waals surface area contributed by atoms with Gasteiger partial charge in [0.15, 0.2) is 4.96 Å². The van der Waals surface area contributed by atoms with Crippen LogP contribution in [0.2, 0.25) is 0 Å². The Morgan fingerprint density at radius 2 is 2.00 bits per heavy atom. The van der Waals surface area contributed by atoms with Gasteiger partial charge < -0.3 is 5.11 Å². The lowest BCUT2D eigenvalue weighted by Gasteiger charge is -2.05. The minimum Gasteiger partial charge on any atom is -0.383 e. The number of imidazole rings is 1. The molecule has 1 unspecified atom stereocenters. The Morgan fingerprint density at radius 1 is 1.25 bits per heavy atom. The van der Waals surface area contributed by atoms with Crippen LogP contribution in [0.1, 0.15) is 27.9 Å². The molecule has 1 N–H and O–H groups in total. The highest BCUT2D eigenvalue weighted by atomic mass is 32.1. The second-order valence-corrected chi connectivity index (χ2v) is 5.94. The van der Waals surface area contributed by atoms with E-state index in [9.17, 15) is 5.11 Å². The van der Waals surface area contributed by atoms with Crippen molar-refractivity contribution in [2.45, 2.75) is 20.0 Å². The van der Waals surface area contributed by atoms with Gasteiger partial charge in [0, 0.05) is 10.6 Å². The van der Waals surface area contributed by atoms with Crippen molar-refractivity contribution in [1.82, 2.24) is 9.38 Å². The van der Waals surface area contributed by atoms with E-state index in [-0.39, 0.29) is 0 Å². The third-order valence-corrected chi connectivity index (χ3v) is 4.49. The molecular weight excluding hydrogens is 268 g/mol. The van der Waals surface area contributed by atoms with Crippen LogP contribution in [0.25, 0.3) is 11.0 Å². The van der Waals surface area contributed by atoms with Crippen LogP contribution >= 0.6 is 11.3 Å². The predicted octanol–water partition coefficient (Wildman–Crippen LogP) is 3.76. The molecule has 0 saturated carbocycles. The molecule has 0 fully saturated rings. The lowest BCUT2D eigenvalue weighted by molar-refractivity contribution is 0.223. The second kappa shape index (κ2) is 5.23. The molecule has 2 heterocycles. The topological polar surface area (TPSA) is 37.5 Å². The van der Waals surface area contributed by atoms with Crippen molar-refractivity contribution in [1.29, 1.82) is 0 Å². The van der Waals surface area contributed by atoms with Crippen LogP contribution in [0, 0.1) is 13.8 Å². The van der Waals surface area contributed by atoms with E-state index in [1.54, 1.807) is 23.6 Å². The van der Waals surface area contributed by atoms with Crippen LogP contribution in [-0.2, 0) is 0 Å². The van der Waals surface area contributed by atoms with Crippen LogP contribution in [0.3, 0.4) is 0 Å². The summed E-state index contributed by atoms with van der Waals surface area (Å²) in [6, 6.07) is 9.96. The van der Waals surface area contributed by atoms with Crippen LogP contribution in [-0.4, -0.2) is 14.5 Å². The van der Waals surface area contributed by atoms with Gasteiger partial charge in [0.05, 0.1) is 11.9 Å². The van der Waals surface area contributed by atoms with E-state index in [0.29, 0.717) is 0 Å². The highest BCUT2D eigenvalue weighted by Crippen LogP contribution is 2.26. The first-order valence-corrected chi connectivity index (χ1v) is 7.33. The van der Waals surface area contributed by atoms with Gasteiger partial charge in [-0.2, -0.15) is 0 Å². The Balaban J connectivity index is 1.93. The number of aromatic nitrogens is 2. The number of aryl methyl sites for hydroxylation is 2. The molecule has 3 aromatic rings. The number of hydrogen-bond donors (Lipinski definition) is 1. The molecule has 0 aliphatic heterocycles. The van der Waals surface area contributed by atoms with Crippen molar-refractivity contribution in [3.05, 3.63) is 64.4 Å². The second-order valence-electron chi connectivity index (χ2n) is 4.76. The number of aliphatic hydroxyl groups is 1. The van der Waals surface area contributed by atoms with E-state index in [2.05, 4.69) is 18.8 Å². The van der Waals surface area contributed by atoms with Crippen molar-refractivity contribution in [2.75, 3.05) is 0 Å². The van der Waals surface area contributed by atoms with Crippen LogP contribution in [0.5, 0.6) is 0 Å². The number of benzene rings is 1. The molecule has 1 atom stereocenters. The average Bonchev–Trinajstić information content (AvgIpc) is 2.99. The summed E-state index contributed by atoms with van der Waals surface area (Å²) in [6.45, 7) is 4.13. The quantitative estimate of drug-likeness (QED) is 0.795. The Bertz CT molecular complexity index is 755. The molecule has 20 heavy (non-hydrogen) atoms. The molecule has 3 nitrogen and oxygen atoms in total. The molecule has 0 bridgehead atoms. The molecule has 1 aromatic carbocycles. The summed E-state index contributed by atoms with van der Waals surface area (Å²) in [6.07, 6.45) is 4.82.